The van der Waals surface area contributed by atoms with E-state index in [0.29, 0.717) is 13.2 Å². The van der Waals surface area contributed by atoms with E-state index in [1.54, 1.807) is 6.20 Å². The van der Waals surface area contributed by atoms with Crippen molar-refractivity contribution in [2.75, 3.05) is 12.4 Å². The molecule has 2 aromatic carbocycles. The Balaban J connectivity index is 1.36. The van der Waals surface area contributed by atoms with Crippen LogP contribution < -0.4 is 0 Å². The van der Waals surface area contributed by atoms with Gasteiger partial charge in [0.05, 0.1) is 25.6 Å². The van der Waals surface area contributed by atoms with Crippen molar-refractivity contribution in [2.45, 2.75) is 44.0 Å². The zero-order valence-corrected chi connectivity index (χ0v) is 18.7. The monoisotopic (exact) mass is 442 g/mol. The van der Waals surface area contributed by atoms with Gasteiger partial charge in [-0.05, 0) is 30.5 Å². The maximum atomic E-state index is 6.51. The SMILES string of the molecule is Cc1ccc(CCC2(Cn3ccnc3)OCC(CSCc3ccccc3Cl)O2)cc1. The van der Waals surface area contributed by atoms with E-state index in [1.807, 2.05) is 47.1 Å². The van der Waals surface area contributed by atoms with Gasteiger partial charge >= 0.3 is 0 Å². The number of aromatic nitrogens is 2. The van der Waals surface area contributed by atoms with E-state index >= 15 is 0 Å². The average molecular weight is 443 g/mol. The fourth-order valence-electron chi connectivity index (χ4n) is 3.66. The molecule has 0 amide bonds. The van der Waals surface area contributed by atoms with Gasteiger partial charge in [-0.2, -0.15) is 11.8 Å². The maximum absolute atomic E-state index is 6.51. The lowest BCUT2D eigenvalue weighted by Gasteiger charge is -2.28. The third-order valence-electron chi connectivity index (χ3n) is 5.33. The fourth-order valence-corrected chi connectivity index (χ4v) is 4.95. The Morgan fingerprint density at radius 1 is 1.20 bits per heavy atom. The van der Waals surface area contributed by atoms with E-state index < -0.39 is 5.79 Å². The Morgan fingerprint density at radius 3 is 2.80 bits per heavy atom. The summed E-state index contributed by atoms with van der Waals surface area (Å²) in [7, 11) is 0. The standard InChI is InChI=1S/C24H27ClN2O2S/c1-19-6-8-20(9-7-19)10-11-24(17-27-13-12-26-18-27)28-14-22(29-24)16-30-15-21-4-2-3-5-23(21)25/h2-9,12-13,18,22H,10-11,14-17H2,1H3. The van der Waals surface area contributed by atoms with E-state index in [4.69, 9.17) is 21.1 Å². The first-order chi connectivity index (χ1) is 14.6. The first-order valence-corrected chi connectivity index (χ1v) is 11.8. The van der Waals surface area contributed by atoms with Gasteiger partial charge in [-0.1, -0.05) is 59.6 Å². The Morgan fingerprint density at radius 2 is 2.03 bits per heavy atom. The van der Waals surface area contributed by atoms with Gasteiger partial charge in [0.2, 0.25) is 0 Å². The van der Waals surface area contributed by atoms with Crippen LogP contribution in [0.1, 0.15) is 23.1 Å². The zero-order valence-electron chi connectivity index (χ0n) is 17.2. The first-order valence-electron chi connectivity index (χ1n) is 10.3. The second-order valence-corrected chi connectivity index (χ2v) is 9.23. The molecule has 1 fully saturated rings. The normalized spacial score (nSPS) is 21.2. The van der Waals surface area contributed by atoms with Crippen LogP contribution in [0.4, 0.5) is 0 Å². The van der Waals surface area contributed by atoms with Gasteiger partial charge in [0, 0.05) is 35.3 Å². The minimum Gasteiger partial charge on any atom is -0.345 e. The van der Waals surface area contributed by atoms with Gasteiger partial charge in [0.25, 0.3) is 0 Å². The van der Waals surface area contributed by atoms with Crippen molar-refractivity contribution < 1.29 is 9.47 Å². The molecule has 3 aromatic rings. The summed E-state index contributed by atoms with van der Waals surface area (Å²) in [5, 5.41) is 0.821. The summed E-state index contributed by atoms with van der Waals surface area (Å²) in [6.07, 6.45) is 7.35. The van der Waals surface area contributed by atoms with E-state index in [-0.39, 0.29) is 6.10 Å². The number of hydrogen-bond donors (Lipinski definition) is 0. The molecule has 0 aliphatic carbocycles. The molecule has 1 aromatic heterocycles. The van der Waals surface area contributed by atoms with E-state index in [0.717, 1.165) is 34.9 Å². The second-order valence-electron chi connectivity index (χ2n) is 7.79. The molecule has 158 valence electrons. The van der Waals surface area contributed by atoms with Gasteiger partial charge in [0.15, 0.2) is 5.79 Å². The highest BCUT2D eigenvalue weighted by Gasteiger charge is 2.41. The Hall–Kier alpha value is -1.79. The number of halogens is 1. The van der Waals surface area contributed by atoms with Gasteiger partial charge < -0.3 is 14.0 Å². The van der Waals surface area contributed by atoms with Crippen LogP contribution in [0.2, 0.25) is 5.02 Å². The van der Waals surface area contributed by atoms with E-state index in [1.165, 1.54) is 11.1 Å². The molecular formula is C24H27ClN2O2S. The molecule has 2 unspecified atom stereocenters. The Bertz CT molecular complexity index is 933. The number of nitrogens with zero attached hydrogens (tertiary/aromatic N) is 2. The molecule has 0 saturated carbocycles. The maximum Gasteiger partial charge on any atom is 0.187 e. The van der Waals surface area contributed by atoms with E-state index in [2.05, 4.69) is 42.2 Å². The minimum absolute atomic E-state index is 0.0685. The van der Waals surface area contributed by atoms with Crippen molar-refractivity contribution in [2.24, 2.45) is 0 Å². The molecule has 6 heteroatoms. The van der Waals surface area contributed by atoms with Gasteiger partial charge in [-0.3, -0.25) is 0 Å². The molecular weight excluding hydrogens is 416 g/mol. The smallest absolute Gasteiger partial charge is 0.187 e. The van der Waals surface area contributed by atoms with Crippen LogP contribution >= 0.6 is 23.4 Å². The predicted octanol–water partition coefficient (Wildman–Crippen LogP) is 5.52. The summed E-state index contributed by atoms with van der Waals surface area (Å²) >= 11 is 8.11. The van der Waals surface area contributed by atoms with Crippen molar-refractivity contribution in [3.8, 4) is 0 Å². The molecule has 1 saturated heterocycles. The number of ether oxygens (including phenoxy) is 2. The highest BCUT2D eigenvalue weighted by atomic mass is 35.5. The molecule has 0 radical (unpaired) electrons. The van der Waals surface area contributed by atoms with Crippen LogP contribution in [0.3, 0.4) is 0 Å². The number of aryl methyl sites for hydroxylation is 2. The Kier molecular flexibility index (Phi) is 7.16. The van der Waals surface area contributed by atoms with Crippen LogP contribution in [0.5, 0.6) is 0 Å². The number of imidazole rings is 1. The summed E-state index contributed by atoms with van der Waals surface area (Å²) in [6, 6.07) is 16.7. The van der Waals surface area contributed by atoms with Crippen molar-refractivity contribution in [3.63, 3.8) is 0 Å². The number of thioether (sulfide) groups is 1. The van der Waals surface area contributed by atoms with Crippen molar-refractivity contribution in [3.05, 3.63) is 89.0 Å². The minimum atomic E-state index is -0.624. The lowest BCUT2D eigenvalue weighted by molar-refractivity contribution is -0.180. The van der Waals surface area contributed by atoms with Crippen LogP contribution in [0.25, 0.3) is 0 Å². The molecule has 1 aliphatic heterocycles. The molecule has 0 spiro atoms. The Labute approximate surface area is 187 Å². The van der Waals surface area contributed by atoms with Crippen LogP contribution in [-0.2, 0) is 28.2 Å². The van der Waals surface area contributed by atoms with Gasteiger partial charge in [-0.25, -0.2) is 4.98 Å². The van der Waals surface area contributed by atoms with Gasteiger partial charge in [0.1, 0.15) is 0 Å². The summed E-state index contributed by atoms with van der Waals surface area (Å²) in [6.45, 7) is 3.36. The topological polar surface area (TPSA) is 36.3 Å². The third kappa shape index (κ3) is 5.67. The number of rotatable bonds is 9. The molecule has 0 N–H and O–H groups in total. The van der Waals surface area contributed by atoms with Crippen molar-refractivity contribution in [1.29, 1.82) is 0 Å². The molecule has 2 atom stereocenters. The summed E-state index contributed by atoms with van der Waals surface area (Å²) in [5.41, 5.74) is 3.73. The summed E-state index contributed by atoms with van der Waals surface area (Å²) in [4.78, 5) is 4.17. The zero-order chi connectivity index (χ0) is 20.8. The highest BCUT2D eigenvalue weighted by Crippen LogP contribution is 2.33. The van der Waals surface area contributed by atoms with Crippen LogP contribution in [0.15, 0.2) is 67.3 Å². The van der Waals surface area contributed by atoms with E-state index in [9.17, 15) is 0 Å². The molecule has 30 heavy (non-hydrogen) atoms. The molecule has 1 aliphatic rings. The van der Waals surface area contributed by atoms with Crippen LogP contribution in [0, 0.1) is 6.92 Å². The number of hydrogen-bond acceptors (Lipinski definition) is 4. The van der Waals surface area contributed by atoms with Crippen LogP contribution in [-0.4, -0.2) is 33.8 Å². The average Bonchev–Trinajstić information content (AvgIpc) is 3.40. The highest BCUT2D eigenvalue weighted by molar-refractivity contribution is 7.98. The second kappa shape index (κ2) is 10.0. The lowest BCUT2D eigenvalue weighted by Crippen LogP contribution is -2.37. The largest absolute Gasteiger partial charge is 0.345 e. The third-order valence-corrected chi connectivity index (χ3v) is 6.82. The van der Waals surface area contributed by atoms with Crippen molar-refractivity contribution >= 4 is 23.4 Å². The van der Waals surface area contributed by atoms with Gasteiger partial charge in [-0.15, -0.1) is 0 Å². The predicted molar refractivity (Wildman–Crippen MR) is 123 cm³/mol. The first kappa shape index (κ1) is 21.4. The van der Waals surface area contributed by atoms with Crippen molar-refractivity contribution in [1.82, 2.24) is 9.55 Å². The fraction of sp³-hybridized carbons (Fsp3) is 0.375. The summed E-state index contributed by atoms with van der Waals surface area (Å²) in [5.74, 6) is 1.13. The quantitative estimate of drug-likeness (QED) is 0.437. The number of benzene rings is 2. The summed E-state index contributed by atoms with van der Waals surface area (Å²) < 4.78 is 14.8. The molecule has 0 bridgehead atoms. The molecule has 2 heterocycles. The molecule has 4 nitrogen and oxygen atoms in total. The molecule has 4 rings (SSSR count). The lowest BCUT2D eigenvalue weighted by atomic mass is 10.0.